The standard InChI is InChI=1S/C10H14O2S/c1-8-4-3-5-10(6-8)13(12)7-9(2)11/h3-6,9,11H,7H2,1-2H3/t9-,13?/m0/s1. The third-order valence-corrected chi connectivity index (χ3v) is 3.21. The number of hydrogen-bond acceptors (Lipinski definition) is 2. The van der Waals surface area contributed by atoms with Crippen LogP contribution in [0, 0.1) is 6.92 Å². The minimum absolute atomic E-state index is 0.309. The second-order valence-corrected chi connectivity index (χ2v) is 4.67. The zero-order chi connectivity index (χ0) is 9.84. The SMILES string of the molecule is Cc1cccc(S(=O)C[C@H](C)O)c1. The van der Waals surface area contributed by atoms with Gasteiger partial charge in [0.2, 0.25) is 0 Å². The van der Waals surface area contributed by atoms with Crippen LogP contribution >= 0.6 is 0 Å². The fraction of sp³-hybridized carbons (Fsp3) is 0.400. The first-order valence-corrected chi connectivity index (χ1v) is 5.54. The van der Waals surface area contributed by atoms with Gasteiger partial charge < -0.3 is 5.11 Å². The maximum Gasteiger partial charge on any atom is 0.0630 e. The summed E-state index contributed by atoms with van der Waals surface area (Å²) in [6.45, 7) is 3.61. The Morgan fingerprint density at radius 1 is 1.54 bits per heavy atom. The first-order chi connectivity index (χ1) is 6.09. The number of hydrogen-bond donors (Lipinski definition) is 1. The van der Waals surface area contributed by atoms with Crippen molar-refractivity contribution < 1.29 is 9.32 Å². The van der Waals surface area contributed by atoms with E-state index in [4.69, 9.17) is 5.11 Å². The summed E-state index contributed by atoms with van der Waals surface area (Å²) in [4.78, 5) is 0.793. The zero-order valence-corrected chi connectivity index (χ0v) is 8.67. The molecule has 3 heteroatoms. The van der Waals surface area contributed by atoms with E-state index in [0.29, 0.717) is 5.75 Å². The molecule has 1 N–H and O–H groups in total. The summed E-state index contributed by atoms with van der Waals surface area (Å²) < 4.78 is 11.6. The Morgan fingerprint density at radius 3 is 2.77 bits per heavy atom. The predicted octanol–water partition coefficient (Wildman–Crippen LogP) is 1.48. The Kier molecular flexibility index (Phi) is 3.63. The van der Waals surface area contributed by atoms with Crippen molar-refractivity contribution in [2.75, 3.05) is 5.75 Å². The minimum atomic E-state index is -1.07. The number of aliphatic hydroxyl groups is 1. The van der Waals surface area contributed by atoms with E-state index >= 15 is 0 Å². The molecule has 72 valence electrons. The average molecular weight is 198 g/mol. The summed E-state index contributed by atoms with van der Waals surface area (Å²) in [5, 5.41) is 9.06. The van der Waals surface area contributed by atoms with Crippen LogP contribution in [0.15, 0.2) is 29.2 Å². The molecule has 0 aliphatic heterocycles. The normalized spacial score (nSPS) is 15.3. The van der Waals surface area contributed by atoms with Crippen LogP contribution in [-0.4, -0.2) is 21.2 Å². The third-order valence-electron chi connectivity index (χ3n) is 1.65. The molecule has 1 aromatic carbocycles. The van der Waals surface area contributed by atoms with Gasteiger partial charge in [-0.05, 0) is 31.5 Å². The van der Waals surface area contributed by atoms with Gasteiger partial charge >= 0.3 is 0 Å². The molecule has 0 aromatic heterocycles. The molecule has 0 amide bonds. The van der Waals surface area contributed by atoms with Gasteiger partial charge in [0.25, 0.3) is 0 Å². The Balaban J connectivity index is 2.77. The van der Waals surface area contributed by atoms with Gasteiger partial charge in [-0.2, -0.15) is 0 Å². The van der Waals surface area contributed by atoms with Crippen molar-refractivity contribution in [3.8, 4) is 0 Å². The van der Waals surface area contributed by atoms with Crippen molar-refractivity contribution >= 4 is 10.8 Å². The minimum Gasteiger partial charge on any atom is -0.392 e. The van der Waals surface area contributed by atoms with Crippen LogP contribution < -0.4 is 0 Å². The number of rotatable bonds is 3. The van der Waals surface area contributed by atoms with E-state index < -0.39 is 16.9 Å². The van der Waals surface area contributed by atoms with Gasteiger partial charge in [-0.1, -0.05) is 12.1 Å². The van der Waals surface area contributed by atoms with Crippen molar-refractivity contribution in [2.24, 2.45) is 0 Å². The number of aliphatic hydroxyl groups excluding tert-OH is 1. The van der Waals surface area contributed by atoms with E-state index in [2.05, 4.69) is 0 Å². The molecule has 0 bridgehead atoms. The van der Waals surface area contributed by atoms with Crippen LogP contribution in [0.25, 0.3) is 0 Å². The molecule has 0 aliphatic carbocycles. The Hall–Kier alpha value is -0.670. The van der Waals surface area contributed by atoms with Crippen molar-refractivity contribution in [2.45, 2.75) is 24.8 Å². The highest BCUT2D eigenvalue weighted by atomic mass is 32.2. The summed E-state index contributed by atoms with van der Waals surface area (Å²) in [7, 11) is -1.07. The fourth-order valence-electron chi connectivity index (χ4n) is 1.07. The molecule has 2 atom stereocenters. The van der Waals surface area contributed by atoms with Gasteiger partial charge in [0.15, 0.2) is 0 Å². The van der Waals surface area contributed by atoms with E-state index in [0.717, 1.165) is 10.5 Å². The molecule has 0 saturated heterocycles. The van der Waals surface area contributed by atoms with Gasteiger partial charge in [0, 0.05) is 4.90 Å². The van der Waals surface area contributed by atoms with Gasteiger partial charge in [-0.3, -0.25) is 4.21 Å². The topological polar surface area (TPSA) is 37.3 Å². The van der Waals surface area contributed by atoms with Crippen LogP contribution in [0.4, 0.5) is 0 Å². The molecule has 1 rings (SSSR count). The molecular formula is C10H14O2S. The Bertz CT molecular complexity index is 308. The van der Waals surface area contributed by atoms with Crippen LogP contribution in [-0.2, 0) is 10.8 Å². The Morgan fingerprint density at radius 2 is 2.23 bits per heavy atom. The first-order valence-electron chi connectivity index (χ1n) is 4.22. The smallest absolute Gasteiger partial charge is 0.0630 e. The molecular weight excluding hydrogens is 184 g/mol. The van der Waals surface area contributed by atoms with Gasteiger partial charge in [0.05, 0.1) is 22.7 Å². The maximum atomic E-state index is 11.6. The van der Waals surface area contributed by atoms with Gasteiger partial charge in [-0.25, -0.2) is 0 Å². The molecule has 0 aliphatic rings. The highest BCUT2D eigenvalue weighted by Crippen LogP contribution is 2.09. The second kappa shape index (κ2) is 4.53. The summed E-state index contributed by atoms with van der Waals surface area (Å²) in [5.74, 6) is 0.309. The van der Waals surface area contributed by atoms with Crippen LogP contribution in [0.5, 0.6) is 0 Å². The van der Waals surface area contributed by atoms with E-state index in [1.165, 1.54) is 0 Å². The van der Waals surface area contributed by atoms with Crippen LogP contribution in [0.3, 0.4) is 0 Å². The predicted molar refractivity (Wildman–Crippen MR) is 54.1 cm³/mol. The molecule has 0 heterocycles. The average Bonchev–Trinajstić information content (AvgIpc) is 2.03. The highest BCUT2D eigenvalue weighted by molar-refractivity contribution is 7.85. The molecule has 1 aromatic rings. The van der Waals surface area contributed by atoms with E-state index in [1.54, 1.807) is 6.92 Å². The lowest BCUT2D eigenvalue weighted by molar-refractivity contribution is 0.219. The highest BCUT2D eigenvalue weighted by Gasteiger charge is 2.06. The lowest BCUT2D eigenvalue weighted by Gasteiger charge is -2.04. The fourth-order valence-corrected chi connectivity index (χ4v) is 2.25. The van der Waals surface area contributed by atoms with Crippen molar-refractivity contribution in [3.05, 3.63) is 29.8 Å². The quantitative estimate of drug-likeness (QED) is 0.799. The lowest BCUT2D eigenvalue weighted by Crippen LogP contribution is -2.12. The molecule has 0 fully saturated rings. The molecule has 1 unspecified atom stereocenters. The van der Waals surface area contributed by atoms with E-state index in [1.807, 2.05) is 31.2 Å². The van der Waals surface area contributed by atoms with Crippen LogP contribution in [0.1, 0.15) is 12.5 Å². The van der Waals surface area contributed by atoms with Gasteiger partial charge in [0.1, 0.15) is 0 Å². The van der Waals surface area contributed by atoms with Crippen molar-refractivity contribution in [3.63, 3.8) is 0 Å². The monoisotopic (exact) mass is 198 g/mol. The first kappa shape index (κ1) is 10.4. The van der Waals surface area contributed by atoms with Gasteiger partial charge in [-0.15, -0.1) is 0 Å². The lowest BCUT2D eigenvalue weighted by atomic mass is 10.2. The van der Waals surface area contributed by atoms with Crippen molar-refractivity contribution in [1.82, 2.24) is 0 Å². The molecule has 0 spiro atoms. The summed E-state index contributed by atoms with van der Waals surface area (Å²) in [5.41, 5.74) is 1.09. The summed E-state index contributed by atoms with van der Waals surface area (Å²) in [6.07, 6.45) is -0.513. The third kappa shape index (κ3) is 3.28. The second-order valence-electron chi connectivity index (χ2n) is 3.18. The zero-order valence-electron chi connectivity index (χ0n) is 7.86. The molecule has 0 saturated carbocycles. The van der Waals surface area contributed by atoms with E-state index in [9.17, 15) is 4.21 Å². The number of benzene rings is 1. The summed E-state index contributed by atoms with van der Waals surface area (Å²) >= 11 is 0. The van der Waals surface area contributed by atoms with Crippen LogP contribution in [0.2, 0.25) is 0 Å². The maximum absolute atomic E-state index is 11.6. The largest absolute Gasteiger partial charge is 0.392 e. The van der Waals surface area contributed by atoms with E-state index in [-0.39, 0.29) is 0 Å². The molecule has 0 radical (unpaired) electrons. The summed E-state index contributed by atoms with van der Waals surface area (Å²) in [6, 6.07) is 7.55. The molecule has 2 nitrogen and oxygen atoms in total. The Labute approximate surface area is 81.1 Å². The van der Waals surface area contributed by atoms with Crippen molar-refractivity contribution in [1.29, 1.82) is 0 Å². The number of aryl methyl sites for hydroxylation is 1. The molecule has 13 heavy (non-hydrogen) atoms.